The summed E-state index contributed by atoms with van der Waals surface area (Å²) in [6.07, 6.45) is -1.32. The Balaban J connectivity index is 2.13. The summed E-state index contributed by atoms with van der Waals surface area (Å²) in [4.78, 5) is 12.1. The van der Waals surface area contributed by atoms with E-state index >= 15 is 0 Å². The fraction of sp³-hybridized carbons (Fsp3) is 0.500. The minimum atomic E-state index is -1.06. The molecule has 3 rings (SSSR count). The fourth-order valence-electron chi connectivity index (χ4n) is 2.06. The molecule has 1 saturated heterocycles. The van der Waals surface area contributed by atoms with Gasteiger partial charge in [0, 0.05) is 0 Å². The second kappa shape index (κ2) is 4.30. The Kier molecular flexibility index (Phi) is 2.73. The molecule has 0 amide bonds. The lowest BCUT2D eigenvalue weighted by atomic mass is 10.2. The predicted octanol–water partition coefficient (Wildman–Crippen LogP) is -1.33. The Morgan fingerprint density at radius 3 is 2.89 bits per heavy atom. The number of nitrogen functional groups attached to an aromatic ring is 1. The molecule has 3 atom stereocenters. The van der Waals surface area contributed by atoms with Crippen molar-refractivity contribution in [2.75, 3.05) is 19.5 Å². The third-order valence-electron chi connectivity index (χ3n) is 3.00. The average molecular weight is 267 g/mol. The van der Waals surface area contributed by atoms with Crippen LogP contribution in [0.4, 0.5) is 5.95 Å². The summed E-state index contributed by atoms with van der Waals surface area (Å²) in [5.41, 5.74) is 6.38. The fourth-order valence-corrected chi connectivity index (χ4v) is 2.06. The Morgan fingerprint density at radius 2 is 2.26 bits per heavy atom. The van der Waals surface area contributed by atoms with E-state index in [0.29, 0.717) is 11.2 Å². The van der Waals surface area contributed by atoms with Crippen LogP contribution >= 0.6 is 0 Å². The van der Waals surface area contributed by atoms with E-state index in [1.165, 1.54) is 18.0 Å². The number of anilines is 1. The number of fused-ring (bicyclic) bond motifs is 1. The summed E-state index contributed by atoms with van der Waals surface area (Å²) in [6.45, 7) is 0.0448. The number of hydrogen-bond acceptors (Lipinski definition) is 8. The van der Waals surface area contributed by atoms with Crippen LogP contribution in [0.5, 0.6) is 5.88 Å². The first kappa shape index (κ1) is 12.1. The van der Waals surface area contributed by atoms with Crippen molar-refractivity contribution in [3.05, 3.63) is 6.33 Å². The number of nitrogens with two attached hydrogens (primary N) is 1. The lowest BCUT2D eigenvalue weighted by Crippen LogP contribution is -2.28. The number of aliphatic hydroxyl groups excluding tert-OH is 2. The molecule has 0 spiro atoms. The van der Waals surface area contributed by atoms with Crippen molar-refractivity contribution in [2.45, 2.75) is 18.4 Å². The molecule has 19 heavy (non-hydrogen) atoms. The molecule has 9 heteroatoms. The molecule has 1 aliphatic rings. The number of hydrogen-bond donors (Lipinski definition) is 3. The highest BCUT2D eigenvalue weighted by Crippen LogP contribution is 2.29. The van der Waals surface area contributed by atoms with Gasteiger partial charge in [-0.1, -0.05) is 0 Å². The Bertz CT molecular complexity index is 615. The minimum absolute atomic E-state index is 0.0270. The molecular formula is C10H13N5O4. The maximum atomic E-state index is 9.86. The topological polar surface area (TPSA) is 129 Å². The van der Waals surface area contributed by atoms with E-state index in [1.54, 1.807) is 0 Å². The molecule has 0 aromatic carbocycles. The SMILES string of the molecule is COc1nc(N)nc2c1ncn2[C@@H]1OC[C@@H](O)[C@H]1O. The zero-order valence-electron chi connectivity index (χ0n) is 10.1. The van der Waals surface area contributed by atoms with E-state index in [2.05, 4.69) is 15.0 Å². The number of ether oxygens (including phenoxy) is 2. The van der Waals surface area contributed by atoms with Gasteiger partial charge in [0.2, 0.25) is 11.8 Å². The van der Waals surface area contributed by atoms with Gasteiger partial charge in [-0.3, -0.25) is 4.57 Å². The molecule has 3 heterocycles. The van der Waals surface area contributed by atoms with Crippen LogP contribution in [-0.2, 0) is 4.74 Å². The largest absolute Gasteiger partial charge is 0.479 e. The van der Waals surface area contributed by atoms with Crippen molar-refractivity contribution in [1.82, 2.24) is 19.5 Å². The van der Waals surface area contributed by atoms with Crippen LogP contribution in [0.1, 0.15) is 6.23 Å². The van der Waals surface area contributed by atoms with Gasteiger partial charge in [-0.15, -0.1) is 0 Å². The molecule has 9 nitrogen and oxygen atoms in total. The van der Waals surface area contributed by atoms with Gasteiger partial charge in [0.05, 0.1) is 20.0 Å². The summed E-state index contributed by atoms with van der Waals surface area (Å²) in [6, 6.07) is 0. The molecule has 0 bridgehead atoms. The number of aliphatic hydroxyl groups is 2. The summed E-state index contributed by atoms with van der Waals surface area (Å²) in [5, 5.41) is 19.4. The van der Waals surface area contributed by atoms with Crippen LogP contribution in [0.25, 0.3) is 11.2 Å². The quantitative estimate of drug-likeness (QED) is 0.610. The van der Waals surface area contributed by atoms with Crippen molar-refractivity contribution in [1.29, 1.82) is 0 Å². The maximum absolute atomic E-state index is 9.86. The molecule has 2 aromatic heterocycles. The standard InChI is InChI=1S/C10H13N5O4/c1-18-8-5-7(13-10(11)14-8)15(3-12-5)9-6(17)4(16)2-19-9/h3-4,6,9,16-17H,2H2,1H3,(H2,11,13,14)/t4-,6-,9-/m1/s1. The zero-order chi connectivity index (χ0) is 13.6. The van der Waals surface area contributed by atoms with Gasteiger partial charge in [0.15, 0.2) is 17.4 Å². The molecule has 1 aliphatic heterocycles. The van der Waals surface area contributed by atoms with Crippen LogP contribution in [0.2, 0.25) is 0 Å². The van der Waals surface area contributed by atoms with Gasteiger partial charge >= 0.3 is 0 Å². The molecular weight excluding hydrogens is 254 g/mol. The molecule has 2 aromatic rings. The first-order valence-corrected chi connectivity index (χ1v) is 5.63. The van der Waals surface area contributed by atoms with Crippen LogP contribution in [0.3, 0.4) is 0 Å². The van der Waals surface area contributed by atoms with Crippen molar-refractivity contribution in [2.24, 2.45) is 0 Å². The smallest absolute Gasteiger partial charge is 0.246 e. The highest BCUT2D eigenvalue weighted by molar-refractivity contribution is 5.77. The lowest BCUT2D eigenvalue weighted by Gasteiger charge is -2.16. The number of methoxy groups -OCH3 is 1. The minimum Gasteiger partial charge on any atom is -0.479 e. The van der Waals surface area contributed by atoms with Gasteiger partial charge in [-0.2, -0.15) is 9.97 Å². The van der Waals surface area contributed by atoms with Crippen LogP contribution in [0.15, 0.2) is 6.33 Å². The van der Waals surface area contributed by atoms with Gasteiger partial charge in [-0.05, 0) is 0 Å². The van der Waals surface area contributed by atoms with Crippen molar-refractivity contribution < 1.29 is 19.7 Å². The van der Waals surface area contributed by atoms with Crippen LogP contribution in [-0.4, -0.2) is 55.7 Å². The highest BCUT2D eigenvalue weighted by Gasteiger charge is 2.37. The molecule has 102 valence electrons. The van der Waals surface area contributed by atoms with Crippen LogP contribution in [0, 0.1) is 0 Å². The Hall–Kier alpha value is -1.97. The first-order chi connectivity index (χ1) is 9.11. The zero-order valence-corrected chi connectivity index (χ0v) is 10.1. The summed E-state index contributed by atoms with van der Waals surface area (Å²) >= 11 is 0. The van der Waals surface area contributed by atoms with Gasteiger partial charge in [0.25, 0.3) is 0 Å². The number of aromatic nitrogens is 4. The summed E-state index contributed by atoms with van der Waals surface area (Å²) in [7, 11) is 1.45. The second-order valence-corrected chi connectivity index (χ2v) is 4.20. The van der Waals surface area contributed by atoms with Crippen molar-refractivity contribution in [3.8, 4) is 5.88 Å². The highest BCUT2D eigenvalue weighted by atomic mass is 16.5. The molecule has 0 radical (unpaired) electrons. The van der Waals surface area contributed by atoms with Gasteiger partial charge < -0.3 is 25.4 Å². The lowest BCUT2D eigenvalue weighted by molar-refractivity contribution is -0.0162. The molecule has 0 unspecified atom stereocenters. The third kappa shape index (κ3) is 1.79. The summed E-state index contributed by atoms with van der Waals surface area (Å²) < 4.78 is 11.9. The van der Waals surface area contributed by atoms with E-state index in [4.69, 9.17) is 15.2 Å². The molecule has 0 aliphatic carbocycles. The van der Waals surface area contributed by atoms with E-state index in [-0.39, 0.29) is 18.4 Å². The number of imidazole rings is 1. The van der Waals surface area contributed by atoms with Crippen molar-refractivity contribution >= 4 is 17.1 Å². The molecule has 1 fully saturated rings. The number of rotatable bonds is 2. The van der Waals surface area contributed by atoms with Crippen LogP contribution < -0.4 is 10.5 Å². The second-order valence-electron chi connectivity index (χ2n) is 4.20. The Morgan fingerprint density at radius 1 is 1.47 bits per heavy atom. The first-order valence-electron chi connectivity index (χ1n) is 5.63. The normalized spacial score (nSPS) is 27.0. The van der Waals surface area contributed by atoms with Gasteiger partial charge in [0.1, 0.15) is 12.2 Å². The maximum Gasteiger partial charge on any atom is 0.246 e. The monoisotopic (exact) mass is 267 g/mol. The van der Waals surface area contributed by atoms with E-state index < -0.39 is 18.4 Å². The Labute approximate surface area is 107 Å². The molecule has 4 N–H and O–H groups in total. The number of nitrogens with zero attached hydrogens (tertiary/aromatic N) is 4. The van der Waals surface area contributed by atoms with E-state index in [0.717, 1.165) is 0 Å². The summed E-state index contributed by atoms with van der Waals surface area (Å²) in [5.74, 6) is 0.272. The van der Waals surface area contributed by atoms with Crippen molar-refractivity contribution in [3.63, 3.8) is 0 Å². The average Bonchev–Trinajstić information content (AvgIpc) is 2.94. The van der Waals surface area contributed by atoms with E-state index in [1.807, 2.05) is 0 Å². The van der Waals surface area contributed by atoms with Gasteiger partial charge in [-0.25, -0.2) is 4.98 Å². The van der Waals surface area contributed by atoms with E-state index in [9.17, 15) is 10.2 Å². The third-order valence-corrected chi connectivity index (χ3v) is 3.00. The molecule has 0 saturated carbocycles. The predicted molar refractivity (Wildman–Crippen MR) is 63.3 cm³/mol.